The van der Waals surface area contributed by atoms with Gasteiger partial charge in [0.25, 0.3) is 0 Å². The van der Waals surface area contributed by atoms with Crippen LogP contribution in [0.3, 0.4) is 0 Å². The summed E-state index contributed by atoms with van der Waals surface area (Å²) in [5.41, 5.74) is 1.84. The molecule has 0 atom stereocenters. The van der Waals surface area contributed by atoms with Gasteiger partial charge in [0, 0.05) is 0 Å². The van der Waals surface area contributed by atoms with Gasteiger partial charge in [-0.3, -0.25) is 0 Å². The fourth-order valence-electron chi connectivity index (χ4n) is 1.44. The van der Waals surface area contributed by atoms with Gasteiger partial charge in [0.2, 0.25) is 0 Å². The lowest BCUT2D eigenvalue weighted by atomic mass is 9.98. The number of halogens is 3. The smallest absolute Gasteiger partial charge is 0.406 e. The van der Waals surface area contributed by atoms with E-state index in [-0.39, 0.29) is 11.7 Å². The first-order valence-corrected chi connectivity index (χ1v) is 4.66. The summed E-state index contributed by atoms with van der Waals surface area (Å²) in [6.07, 6.45) is -4.62. The van der Waals surface area contributed by atoms with Gasteiger partial charge < -0.3 is 4.74 Å². The van der Waals surface area contributed by atoms with Crippen LogP contribution in [0.4, 0.5) is 13.2 Å². The van der Waals surface area contributed by atoms with Crippen molar-refractivity contribution in [1.29, 1.82) is 0 Å². The maximum atomic E-state index is 12.0. The largest absolute Gasteiger partial charge is 0.573 e. The number of alkyl halides is 3. The highest BCUT2D eigenvalue weighted by atomic mass is 19.4. The lowest BCUT2D eigenvalue weighted by Crippen LogP contribution is -2.17. The van der Waals surface area contributed by atoms with E-state index >= 15 is 0 Å². The number of aryl methyl sites for hydroxylation is 1. The average molecular weight is 218 g/mol. The Morgan fingerprint density at radius 3 is 2.27 bits per heavy atom. The molecule has 0 unspecified atom stereocenters. The van der Waals surface area contributed by atoms with Crippen molar-refractivity contribution in [2.24, 2.45) is 0 Å². The summed E-state index contributed by atoms with van der Waals surface area (Å²) in [4.78, 5) is 0. The van der Waals surface area contributed by atoms with Crippen molar-refractivity contribution in [1.82, 2.24) is 0 Å². The van der Waals surface area contributed by atoms with Crippen molar-refractivity contribution in [2.45, 2.75) is 33.1 Å². The molecule has 0 spiro atoms. The van der Waals surface area contributed by atoms with Crippen molar-refractivity contribution in [2.75, 3.05) is 0 Å². The number of hydrogen-bond acceptors (Lipinski definition) is 1. The van der Waals surface area contributed by atoms with Gasteiger partial charge in [-0.25, -0.2) is 0 Å². The Labute approximate surface area is 86.9 Å². The van der Waals surface area contributed by atoms with E-state index in [0.29, 0.717) is 0 Å². The van der Waals surface area contributed by atoms with E-state index < -0.39 is 6.36 Å². The van der Waals surface area contributed by atoms with Crippen molar-refractivity contribution >= 4 is 0 Å². The molecule has 0 fully saturated rings. The van der Waals surface area contributed by atoms with Gasteiger partial charge in [-0.2, -0.15) is 0 Å². The molecular formula is C11H13F3O. The summed E-state index contributed by atoms with van der Waals surface area (Å²) in [6, 6.07) is 4.40. The molecular weight excluding hydrogens is 205 g/mol. The number of ether oxygens (including phenoxy) is 1. The molecule has 1 aromatic rings. The second kappa shape index (κ2) is 4.13. The first-order valence-electron chi connectivity index (χ1n) is 4.66. The van der Waals surface area contributed by atoms with E-state index in [0.717, 1.165) is 11.1 Å². The number of benzene rings is 1. The molecule has 4 heteroatoms. The van der Waals surface area contributed by atoms with E-state index in [9.17, 15) is 13.2 Å². The van der Waals surface area contributed by atoms with Crippen LogP contribution in [-0.4, -0.2) is 6.36 Å². The molecule has 0 bridgehead atoms. The summed E-state index contributed by atoms with van der Waals surface area (Å²) >= 11 is 0. The zero-order valence-electron chi connectivity index (χ0n) is 8.85. The fraction of sp³-hybridized carbons (Fsp3) is 0.455. The Balaban J connectivity index is 2.98. The molecule has 0 radical (unpaired) electrons. The van der Waals surface area contributed by atoms with Crippen molar-refractivity contribution < 1.29 is 17.9 Å². The molecule has 0 saturated carbocycles. The normalized spacial score (nSPS) is 11.9. The minimum absolute atomic E-state index is 0.156. The molecule has 0 saturated heterocycles. The van der Waals surface area contributed by atoms with Gasteiger partial charge >= 0.3 is 6.36 Å². The van der Waals surface area contributed by atoms with Crippen LogP contribution in [0.5, 0.6) is 5.75 Å². The molecule has 0 aliphatic rings. The summed E-state index contributed by atoms with van der Waals surface area (Å²) in [5, 5.41) is 0. The topological polar surface area (TPSA) is 9.23 Å². The van der Waals surface area contributed by atoms with Gasteiger partial charge in [0.1, 0.15) is 5.75 Å². The van der Waals surface area contributed by atoms with E-state index in [4.69, 9.17) is 0 Å². The summed E-state index contributed by atoms with van der Waals surface area (Å²) in [7, 11) is 0. The molecule has 0 aliphatic heterocycles. The summed E-state index contributed by atoms with van der Waals surface area (Å²) < 4.78 is 39.7. The second-order valence-electron chi connectivity index (χ2n) is 3.72. The molecule has 15 heavy (non-hydrogen) atoms. The minimum Gasteiger partial charge on any atom is -0.406 e. The quantitative estimate of drug-likeness (QED) is 0.728. The second-order valence-corrected chi connectivity index (χ2v) is 3.72. The van der Waals surface area contributed by atoms with Crippen molar-refractivity contribution in [3.8, 4) is 5.75 Å². The summed E-state index contributed by atoms with van der Waals surface area (Å²) in [5.74, 6) is 0.0265. The third kappa shape index (κ3) is 3.46. The van der Waals surface area contributed by atoms with Crippen LogP contribution >= 0.6 is 0 Å². The molecule has 1 nitrogen and oxygen atoms in total. The van der Waals surface area contributed by atoms with Gasteiger partial charge in [-0.15, -0.1) is 13.2 Å². The van der Waals surface area contributed by atoms with Crippen LogP contribution in [0.15, 0.2) is 18.2 Å². The molecule has 84 valence electrons. The SMILES string of the molecule is Cc1ccc(OC(F)(F)F)cc1C(C)C. The molecule has 0 heterocycles. The highest BCUT2D eigenvalue weighted by Crippen LogP contribution is 2.28. The van der Waals surface area contributed by atoms with E-state index in [1.54, 1.807) is 6.07 Å². The minimum atomic E-state index is -4.62. The molecule has 1 rings (SSSR count). The van der Waals surface area contributed by atoms with Gasteiger partial charge in [-0.05, 0) is 36.1 Å². The first kappa shape index (κ1) is 11.9. The first-order chi connectivity index (χ1) is 6.79. The number of rotatable bonds is 2. The van der Waals surface area contributed by atoms with Crippen LogP contribution in [0, 0.1) is 6.92 Å². The highest BCUT2D eigenvalue weighted by molar-refractivity contribution is 5.36. The van der Waals surface area contributed by atoms with Crippen LogP contribution in [0.1, 0.15) is 30.9 Å². The van der Waals surface area contributed by atoms with Gasteiger partial charge in [0.15, 0.2) is 0 Å². The number of hydrogen-bond donors (Lipinski definition) is 0. The standard InChI is InChI=1S/C11H13F3O/c1-7(2)10-6-9(5-4-8(10)3)15-11(12,13)14/h4-7H,1-3H3. The van der Waals surface area contributed by atoms with Crippen molar-refractivity contribution in [3.05, 3.63) is 29.3 Å². The Kier molecular flexibility index (Phi) is 3.27. The molecule has 0 aliphatic carbocycles. The van der Waals surface area contributed by atoms with Crippen LogP contribution < -0.4 is 4.74 Å². The maximum absolute atomic E-state index is 12.0. The van der Waals surface area contributed by atoms with E-state index in [2.05, 4.69) is 4.74 Å². The van der Waals surface area contributed by atoms with E-state index in [1.807, 2.05) is 20.8 Å². The third-order valence-electron chi connectivity index (χ3n) is 2.11. The average Bonchev–Trinajstić information content (AvgIpc) is 2.05. The Morgan fingerprint density at radius 2 is 1.80 bits per heavy atom. The lowest BCUT2D eigenvalue weighted by molar-refractivity contribution is -0.274. The van der Waals surface area contributed by atoms with Gasteiger partial charge in [0.05, 0.1) is 0 Å². The molecule has 1 aromatic carbocycles. The molecule has 0 aromatic heterocycles. The Morgan fingerprint density at radius 1 is 1.20 bits per heavy atom. The summed E-state index contributed by atoms with van der Waals surface area (Å²) in [6.45, 7) is 5.73. The third-order valence-corrected chi connectivity index (χ3v) is 2.11. The Bertz CT molecular complexity index is 342. The maximum Gasteiger partial charge on any atom is 0.573 e. The van der Waals surface area contributed by atoms with Crippen molar-refractivity contribution in [3.63, 3.8) is 0 Å². The van der Waals surface area contributed by atoms with Crippen LogP contribution in [0.25, 0.3) is 0 Å². The Hall–Kier alpha value is -1.19. The van der Waals surface area contributed by atoms with E-state index in [1.165, 1.54) is 12.1 Å². The monoisotopic (exact) mass is 218 g/mol. The lowest BCUT2D eigenvalue weighted by Gasteiger charge is -2.13. The van der Waals surface area contributed by atoms with Crippen LogP contribution in [0.2, 0.25) is 0 Å². The predicted molar refractivity (Wildman–Crippen MR) is 52.0 cm³/mol. The molecule has 0 N–H and O–H groups in total. The zero-order valence-corrected chi connectivity index (χ0v) is 8.85. The van der Waals surface area contributed by atoms with Gasteiger partial charge in [-0.1, -0.05) is 19.9 Å². The zero-order chi connectivity index (χ0) is 11.6. The highest BCUT2D eigenvalue weighted by Gasteiger charge is 2.31. The fourth-order valence-corrected chi connectivity index (χ4v) is 1.44. The van der Waals surface area contributed by atoms with Crippen LogP contribution in [-0.2, 0) is 0 Å². The predicted octanol–water partition coefficient (Wildman–Crippen LogP) is 4.02. The molecule has 0 amide bonds.